The smallest absolute Gasteiger partial charge is 0.303 e. The van der Waals surface area contributed by atoms with Gasteiger partial charge in [0, 0.05) is 17.9 Å². The molecule has 0 fully saturated rings. The number of carbonyl (C=O) groups is 1. The first-order valence-corrected chi connectivity index (χ1v) is 5.23. The molecule has 0 aliphatic carbocycles. The number of methoxy groups -OCH3 is 1. The Morgan fingerprint density at radius 2 is 2.44 bits per heavy atom. The Bertz CT molecular complexity index is 400. The Morgan fingerprint density at radius 3 is 3.12 bits per heavy atom. The number of fused-ring (bicyclic) bond motifs is 1. The van der Waals surface area contributed by atoms with E-state index < -0.39 is 5.97 Å². The number of benzene rings is 1. The van der Waals surface area contributed by atoms with Crippen LogP contribution in [0.1, 0.15) is 24.3 Å². The van der Waals surface area contributed by atoms with Crippen LogP contribution in [0.5, 0.6) is 11.5 Å². The Hall–Kier alpha value is -1.71. The highest BCUT2D eigenvalue weighted by molar-refractivity contribution is 5.66. The largest absolute Gasteiger partial charge is 0.497 e. The molecule has 1 aromatic rings. The van der Waals surface area contributed by atoms with Gasteiger partial charge in [-0.05, 0) is 24.6 Å². The second kappa shape index (κ2) is 4.43. The zero-order chi connectivity index (χ0) is 11.5. The first-order chi connectivity index (χ1) is 7.70. The maximum atomic E-state index is 10.5. The molecule has 1 heterocycles. The third-order valence-electron chi connectivity index (χ3n) is 2.80. The van der Waals surface area contributed by atoms with Crippen LogP contribution in [0.4, 0.5) is 0 Å². The van der Waals surface area contributed by atoms with Gasteiger partial charge in [-0.15, -0.1) is 0 Å². The van der Waals surface area contributed by atoms with Gasteiger partial charge in [0.15, 0.2) is 0 Å². The highest BCUT2D eigenvalue weighted by Crippen LogP contribution is 2.38. The standard InChI is InChI=1S/C12H14O4/c1-15-9-3-4-11-10(6-9)8(7-16-11)2-5-12(13)14/h3-4,6,8H,2,5,7H2,1H3,(H,13,14). The summed E-state index contributed by atoms with van der Waals surface area (Å²) in [6.45, 7) is 0.565. The molecule has 0 amide bonds. The van der Waals surface area contributed by atoms with Crippen molar-refractivity contribution in [2.45, 2.75) is 18.8 Å². The summed E-state index contributed by atoms with van der Waals surface area (Å²) < 4.78 is 10.6. The molecule has 1 atom stereocenters. The monoisotopic (exact) mass is 222 g/mol. The van der Waals surface area contributed by atoms with E-state index in [0.29, 0.717) is 13.0 Å². The van der Waals surface area contributed by atoms with Crippen molar-refractivity contribution >= 4 is 5.97 Å². The van der Waals surface area contributed by atoms with Gasteiger partial charge in [0.05, 0.1) is 13.7 Å². The third-order valence-corrected chi connectivity index (χ3v) is 2.80. The van der Waals surface area contributed by atoms with E-state index in [0.717, 1.165) is 17.1 Å². The van der Waals surface area contributed by atoms with Crippen molar-refractivity contribution in [3.8, 4) is 11.5 Å². The van der Waals surface area contributed by atoms with Crippen LogP contribution in [0.2, 0.25) is 0 Å². The van der Waals surface area contributed by atoms with Gasteiger partial charge in [0.25, 0.3) is 0 Å². The number of aliphatic carboxylic acids is 1. The van der Waals surface area contributed by atoms with E-state index in [-0.39, 0.29) is 12.3 Å². The van der Waals surface area contributed by atoms with Crippen molar-refractivity contribution < 1.29 is 19.4 Å². The average Bonchev–Trinajstić information content (AvgIpc) is 2.68. The summed E-state index contributed by atoms with van der Waals surface area (Å²) in [7, 11) is 1.61. The zero-order valence-corrected chi connectivity index (χ0v) is 9.10. The van der Waals surface area contributed by atoms with E-state index >= 15 is 0 Å². The fourth-order valence-corrected chi connectivity index (χ4v) is 1.92. The van der Waals surface area contributed by atoms with Crippen LogP contribution in [-0.4, -0.2) is 24.8 Å². The molecular weight excluding hydrogens is 208 g/mol. The fraction of sp³-hybridized carbons (Fsp3) is 0.417. The number of carboxylic acids is 1. The molecule has 2 rings (SSSR count). The lowest BCUT2D eigenvalue weighted by atomic mass is 9.96. The molecule has 1 unspecified atom stereocenters. The van der Waals surface area contributed by atoms with Gasteiger partial charge in [-0.1, -0.05) is 0 Å². The van der Waals surface area contributed by atoms with E-state index in [1.165, 1.54) is 0 Å². The minimum absolute atomic E-state index is 0.168. The van der Waals surface area contributed by atoms with Crippen molar-refractivity contribution in [1.82, 2.24) is 0 Å². The lowest BCUT2D eigenvalue weighted by molar-refractivity contribution is -0.137. The normalized spacial score (nSPS) is 17.7. The number of hydrogen-bond acceptors (Lipinski definition) is 3. The van der Waals surface area contributed by atoms with Gasteiger partial charge in [-0.25, -0.2) is 0 Å². The summed E-state index contributed by atoms with van der Waals surface area (Å²) >= 11 is 0. The molecule has 0 radical (unpaired) electrons. The van der Waals surface area contributed by atoms with Crippen molar-refractivity contribution in [2.75, 3.05) is 13.7 Å². The molecule has 1 aliphatic rings. The molecule has 0 spiro atoms. The summed E-state index contributed by atoms with van der Waals surface area (Å²) in [5.74, 6) is 1.03. The maximum absolute atomic E-state index is 10.5. The molecule has 16 heavy (non-hydrogen) atoms. The van der Waals surface area contributed by atoms with Crippen molar-refractivity contribution in [3.05, 3.63) is 23.8 Å². The number of hydrogen-bond donors (Lipinski definition) is 1. The molecule has 86 valence electrons. The van der Waals surface area contributed by atoms with Gasteiger partial charge in [0.1, 0.15) is 11.5 Å². The molecule has 1 aliphatic heterocycles. The van der Waals surface area contributed by atoms with E-state index in [2.05, 4.69) is 0 Å². The third kappa shape index (κ3) is 2.10. The molecule has 4 heteroatoms. The van der Waals surface area contributed by atoms with Crippen LogP contribution in [0, 0.1) is 0 Å². The molecule has 4 nitrogen and oxygen atoms in total. The summed E-state index contributed by atoms with van der Waals surface area (Å²) in [6.07, 6.45) is 0.778. The van der Waals surface area contributed by atoms with Crippen LogP contribution >= 0.6 is 0 Å². The number of carboxylic acid groups (broad SMARTS) is 1. The topological polar surface area (TPSA) is 55.8 Å². The average molecular weight is 222 g/mol. The Labute approximate surface area is 93.8 Å². The Kier molecular flexibility index (Phi) is 2.99. The lowest BCUT2D eigenvalue weighted by Crippen LogP contribution is -2.04. The van der Waals surface area contributed by atoms with E-state index in [9.17, 15) is 4.79 Å². The van der Waals surface area contributed by atoms with Crippen LogP contribution < -0.4 is 9.47 Å². The van der Waals surface area contributed by atoms with Gasteiger partial charge < -0.3 is 14.6 Å². The maximum Gasteiger partial charge on any atom is 0.303 e. The predicted octanol–water partition coefficient (Wildman–Crippen LogP) is 2.04. The quantitative estimate of drug-likeness (QED) is 0.846. The van der Waals surface area contributed by atoms with Crippen molar-refractivity contribution in [2.24, 2.45) is 0 Å². The predicted molar refractivity (Wildman–Crippen MR) is 58.1 cm³/mol. The Balaban J connectivity index is 2.14. The molecule has 0 saturated heterocycles. The highest BCUT2D eigenvalue weighted by atomic mass is 16.5. The summed E-state index contributed by atoms with van der Waals surface area (Å²) in [5, 5.41) is 8.66. The zero-order valence-electron chi connectivity index (χ0n) is 9.10. The Morgan fingerprint density at radius 1 is 1.62 bits per heavy atom. The van der Waals surface area contributed by atoms with Crippen LogP contribution in [0.3, 0.4) is 0 Å². The SMILES string of the molecule is COc1ccc2c(c1)C(CCC(=O)O)CO2. The van der Waals surface area contributed by atoms with Crippen molar-refractivity contribution in [3.63, 3.8) is 0 Å². The van der Waals surface area contributed by atoms with Crippen LogP contribution in [0.15, 0.2) is 18.2 Å². The minimum Gasteiger partial charge on any atom is -0.497 e. The second-order valence-corrected chi connectivity index (χ2v) is 3.84. The summed E-state index contributed by atoms with van der Waals surface area (Å²) in [4.78, 5) is 10.5. The molecule has 0 bridgehead atoms. The van der Waals surface area contributed by atoms with Gasteiger partial charge in [-0.2, -0.15) is 0 Å². The summed E-state index contributed by atoms with van der Waals surface area (Å²) in [6, 6.07) is 5.64. The molecular formula is C12H14O4. The first kappa shape index (κ1) is 10.8. The second-order valence-electron chi connectivity index (χ2n) is 3.84. The van der Waals surface area contributed by atoms with Gasteiger partial charge in [-0.3, -0.25) is 4.79 Å². The number of rotatable bonds is 4. The highest BCUT2D eigenvalue weighted by Gasteiger charge is 2.25. The fourth-order valence-electron chi connectivity index (χ4n) is 1.92. The summed E-state index contributed by atoms with van der Waals surface area (Å²) in [5.41, 5.74) is 1.06. The van der Waals surface area contributed by atoms with Crippen molar-refractivity contribution in [1.29, 1.82) is 0 Å². The molecule has 1 N–H and O–H groups in total. The van der Waals surface area contributed by atoms with E-state index in [1.807, 2.05) is 18.2 Å². The van der Waals surface area contributed by atoms with Gasteiger partial charge >= 0.3 is 5.97 Å². The molecule has 0 aromatic heterocycles. The van der Waals surface area contributed by atoms with Crippen LogP contribution in [0.25, 0.3) is 0 Å². The molecule has 0 saturated carbocycles. The first-order valence-electron chi connectivity index (χ1n) is 5.23. The van der Waals surface area contributed by atoms with Crippen LogP contribution in [-0.2, 0) is 4.79 Å². The lowest BCUT2D eigenvalue weighted by Gasteiger charge is -2.07. The van der Waals surface area contributed by atoms with E-state index in [4.69, 9.17) is 14.6 Å². The number of ether oxygens (including phenoxy) is 2. The van der Waals surface area contributed by atoms with E-state index in [1.54, 1.807) is 7.11 Å². The minimum atomic E-state index is -0.767. The van der Waals surface area contributed by atoms with Gasteiger partial charge in [0.2, 0.25) is 0 Å². The molecule has 1 aromatic carbocycles.